The van der Waals surface area contributed by atoms with Crippen LogP contribution in [0.5, 0.6) is 0 Å². The number of aliphatic hydroxyl groups is 2. The molecule has 3 atom stereocenters. The van der Waals surface area contributed by atoms with Crippen molar-refractivity contribution in [1.29, 1.82) is 0 Å². The summed E-state index contributed by atoms with van der Waals surface area (Å²) >= 11 is 0. The lowest BCUT2D eigenvalue weighted by atomic mass is 10.2. The fourth-order valence-corrected chi connectivity index (χ4v) is 1.40. The van der Waals surface area contributed by atoms with Gasteiger partial charge in [0.1, 0.15) is 5.60 Å². The average molecular weight is 217 g/mol. The van der Waals surface area contributed by atoms with Crippen LogP contribution in [0.2, 0.25) is 0 Å². The molecule has 5 nitrogen and oxygen atoms in total. The lowest BCUT2D eigenvalue weighted by Gasteiger charge is -2.19. The SMILES string of the molecule is CC(C)(C)OC(=O)NC1CC1C(O)CO. The third-order valence-electron chi connectivity index (χ3n) is 2.22. The highest BCUT2D eigenvalue weighted by atomic mass is 16.6. The summed E-state index contributed by atoms with van der Waals surface area (Å²) in [5, 5.41) is 20.6. The number of carbonyl (C=O) groups excluding carboxylic acids is 1. The number of hydrogen-bond donors (Lipinski definition) is 3. The van der Waals surface area contributed by atoms with E-state index in [2.05, 4.69) is 5.32 Å². The van der Waals surface area contributed by atoms with Crippen LogP contribution in [0.15, 0.2) is 0 Å². The van der Waals surface area contributed by atoms with E-state index in [1.54, 1.807) is 20.8 Å². The summed E-state index contributed by atoms with van der Waals surface area (Å²) in [7, 11) is 0. The summed E-state index contributed by atoms with van der Waals surface area (Å²) in [5.41, 5.74) is -0.510. The number of alkyl carbamates (subject to hydrolysis) is 1. The van der Waals surface area contributed by atoms with Crippen LogP contribution in [0, 0.1) is 5.92 Å². The molecule has 0 aliphatic heterocycles. The van der Waals surface area contributed by atoms with Gasteiger partial charge in [-0.2, -0.15) is 0 Å². The number of carbonyl (C=O) groups is 1. The molecule has 5 heteroatoms. The Morgan fingerprint density at radius 1 is 1.60 bits per heavy atom. The molecule has 3 unspecified atom stereocenters. The highest BCUT2D eigenvalue weighted by molar-refractivity contribution is 5.68. The smallest absolute Gasteiger partial charge is 0.407 e. The van der Waals surface area contributed by atoms with Crippen molar-refractivity contribution in [1.82, 2.24) is 5.32 Å². The summed E-state index contributed by atoms with van der Waals surface area (Å²) in [5.74, 6) is -0.0393. The Bertz CT molecular complexity index is 236. The zero-order valence-electron chi connectivity index (χ0n) is 9.36. The van der Waals surface area contributed by atoms with Crippen LogP contribution < -0.4 is 5.32 Å². The van der Waals surface area contributed by atoms with Crippen LogP contribution in [0.25, 0.3) is 0 Å². The molecular weight excluding hydrogens is 198 g/mol. The van der Waals surface area contributed by atoms with E-state index >= 15 is 0 Å². The van der Waals surface area contributed by atoms with Crippen molar-refractivity contribution >= 4 is 6.09 Å². The van der Waals surface area contributed by atoms with Crippen molar-refractivity contribution in [2.45, 2.75) is 44.9 Å². The minimum Gasteiger partial charge on any atom is -0.444 e. The molecule has 3 N–H and O–H groups in total. The van der Waals surface area contributed by atoms with E-state index in [9.17, 15) is 9.90 Å². The normalized spacial score (nSPS) is 27.0. The fraction of sp³-hybridized carbons (Fsp3) is 0.900. The average Bonchev–Trinajstić information content (AvgIpc) is 2.79. The van der Waals surface area contributed by atoms with E-state index in [4.69, 9.17) is 9.84 Å². The Balaban J connectivity index is 2.25. The van der Waals surface area contributed by atoms with Gasteiger partial charge in [0.05, 0.1) is 12.7 Å². The predicted octanol–water partition coefficient (Wildman–Crippen LogP) is 0.253. The molecule has 0 aromatic heterocycles. The maximum atomic E-state index is 11.3. The molecule has 88 valence electrons. The standard InChI is InChI=1S/C10H19NO4/c1-10(2,3)15-9(14)11-7-4-6(7)8(13)5-12/h6-8,12-13H,4-5H2,1-3H3,(H,11,14). The lowest BCUT2D eigenvalue weighted by Crippen LogP contribution is -2.35. The Hall–Kier alpha value is -0.810. The van der Waals surface area contributed by atoms with E-state index < -0.39 is 17.8 Å². The molecule has 0 aromatic rings. The summed E-state index contributed by atoms with van der Waals surface area (Å²) < 4.78 is 5.06. The maximum Gasteiger partial charge on any atom is 0.407 e. The van der Waals surface area contributed by atoms with Crippen molar-refractivity contribution in [3.63, 3.8) is 0 Å². The maximum absolute atomic E-state index is 11.3. The minimum atomic E-state index is -0.745. The van der Waals surface area contributed by atoms with Gasteiger partial charge in [0.15, 0.2) is 0 Å². The zero-order chi connectivity index (χ0) is 11.6. The van der Waals surface area contributed by atoms with E-state index in [0.29, 0.717) is 6.42 Å². The molecule has 1 fully saturated rings. The Morgan fingerprint density at radius 3 is 2.67 bits per heavy atom. The zero-order valence-corrected chi connectivity index (χ0v) is 9.36. The molecule has 15 heavy (non-hydrogen) atoms. The monoisotopic (exact) mass is 217 g/mol. The van der Waals surface area contributed by atoms with E-state index in [1.807, 2.05) is 0 Å². The number of hydrogen-bond acceptors (Lipinski definition) is 4. The summed E-state index contributed by atoms with van der Waals surface area (Å²) in [6.07, 6.45) is -0.522. The number of nitrogens with one attached hydrogen (secondary N) is 1. The third-order valence-corrected chi connectivity index (χ3v) is 2.22. The Morgan fingerprint density at radius 2 is 2.20 bits per heavy atom. The Labute approximate surface area is 89.4 Å². The second-order valence-corrected chi connectivity index (χ2v) is 4.90. The summed E-state index contributed by atoms with van der Waals surface area (Å²) in [4.78, 5) is 11.3. The first-order valence-corrected chi connectivity index (χ1v) is 5.12. The first kappa shape index (κ1) is 12.3. The van der Waals surface area contributed by atoms with Gasteiger partial charge < -0.3 is 20.3 Å². The molecule has 1 aliphatic rings. The number of ether oxygens (including phenoxy) is 1. The molecule has 1 aliphatic carbocycles. The highest BCUT2D eigenvalue weighted by Gasteiger charge is 2.43. The van der Waals surface area contributed by atoms with E-state index in [-0.39, 0.29) is 18.6 Å². The topological polar surface area (TPSA) is 78.8 Å². The first-order chi connectivity index (χ1) is 6.83. The van der Waals surface area contributed by atoms with Crippen molar-refractivity contribution in [3.8, 4) is 0 Å². The second-order valence-electron chi connectivity index (χ2n) is 4.90. The molecule has 1 amide bonds. The van der Waals surface area contributed by atoms with Crippen LogP contribution in [-0.4, -0.2) is 40.7 Å². The molecule has 0 radical (unpaired) electrons. The molecule has 1 rings (SSSR count). The van der Waals surface area contributed by atoms with Crippen molar-refractivity contribution in [3.05, 3.63) is 0 Å². The molecule has 1 saturated carbocycles. The van der Waals surface area contributed by atoms with Crippen LogP contribution in [0.1, 0.15) is 27.2 Å². The van der Waals surface area contributed by atoms with Gasteiger partial charge in [0.25, 0.3) is 0 Å². The molecule has 0 aromatic carbocycles. The molecule has 0 bridgehead atoms. The Kier molecular flexibility index (Phi) is 3.57. The van der Waals surface area contributed by atoms with Crippen LogP contribution >= 0.6 is 0 Å². The number of rotatable bonds is 3. The van der Waals surface area contributed by atoms with Gasteiger partial charge >= 0.3 is 6.09 Å². The van der Waals surface area contributed by atoms with Crippen LogP contribution in [0.3, 0.4) is 0 Å². The molecular formula is C10H19NO4. The van der Waals surface area contributed by atoms with Gasteiger partial charge in [-0.1, -0.05) is 0 Å². The number of amides is 1. The second kappa shape index (κ2) is 4.37. The van der Waals surface area contributed by atoms with Gasteiger partial charge in [-0.25, -0.2) is 4.79 Å². The van der Waals surface area contributed by atoms with Crippen molar-refractivity contribution < 1.29 is 19.7 Å². The molecule has 0 spiro atoms. The van der Waals surface area contributed by atoms with Crippen LogP contribution in [0.4, 0.5) is 4.79 Å². The minimum absolute atomic E-state index is 0.0393. The quantitative estimate of drug-likeness (QED) is 0.633. The van der Waals surface area contributed by atoms with Gasteiger partial charge in [-0.05, 0) is 27.2 Å². The fourth-order valence-electron chi connectivity index (χ4n) is 1.40. The van der Waals surface area contributed by atoms with E-state index in [0.717, 1.165) is 0 Å². The van der Waals surface area contributed by atoms with Crippen molar-refractivity contribution in [2.24, 2.45) is 5.92 Å². The van der Waals surface area contributed by atoms with Crippen LogP contribution in [-0.2, 0) is 4.74 Å². The van der Waals surface area contributed by atoms with Gasteiger partial charge in [-0.15, -0.1) is 0 Å². The number of aliphatic hydroxyl groups excluding tert-OH is 2. The summed E-state index contributed by atoms with van der Waals surface area (Å²) in [6, 6.07) is -0.0676. The summed E-state index contributed by atoms with van der Waals surface area (Å²) in [6.45, 7) is 5.11. The highest BCUT2D eigenvalue weighted by Crippen LogP contribution is 2.33. The predicted molar refractivity (Wildman–Crippen MR) is 54.4 cm³/mol. The third kappa shape index (κ3) is 4.05. The van der Waals surface area contributed by atoms with Gasteiger partial charge in [0.2, 0.25) is 0 Å². The molecule has 0 heterocycles. The molecule has 0 saturated heterocycles. The van der Waals surface area contributed by atoms with Gasteiger partial charge in [0, 0.05) is 12.0 Å². The lowest BCUT2D eigenvalue weighted by molar-refractivity contribution is 0.0494. The van der Waals surface area contributed by atoms with E-state index in [1.165, 1.54) is 0 Å². The largest absolute Gasteiger partial charge is 0.444 e. The van der Waals surface area contributed by atoms with Crippen molar-refractivity contribution in [2.75, 3.05) is 6.61 Å². The van der Waals surface area contributed by atoms with Gasteiger partial charge in [-0.3, -0.25) is 0 Å². The first-order valence-electron chi connectivity index (χ1n) is 5.12.